The van der Waals surface area contributed by atoms with E-state index in [1.807, 2.05) is 12.1 Å². The minimum Gasteiger partial charge on any atom is -0.463 e. The van der Waals surface area contributed by atoms with Crippen LogP contribution in [0.5, 0.6) is 0 Å². The van der Waals surface area contributed by atoms with E-state index >= 15 is 0 Å². The predicted molar refractivity (Wildman–Crippen MR) is 57.8 cm³/mol. The molecular formula is C11H20N2O. The van der Waals surface area contributed by atoms with Crippen molar-refractivity contribution in [3.05, 3.63) is 23.7 Å². The summed E-state index contributed by atoms with van der Waals surface area (Å²) in [7, 11) is 0. The Kier molecular flexibility index (Phi) is 4.70. The lowest BCUT2D eigenvalue weighted by Gasteiger charge is -2.08. The monoisotopic (exact) mass is 196 g/mol. The average molecular weight is 196 g/mol. The lowest BCUT2D eigenvalue weighted by Crippen LogP contribution is -2.19. The predicted octanol–water partition coefficient (Wildman–Crippen LogP) is 1.87. The fourth-order valence-corrected chi connectivity index (χ4v) is 1.21. The van der Waals surface area contributed by atoms with Crippen molar-refractivity contribution in [2.24, 2.45) is 11.7 Å². The highest BCUT2D eigenvalue weighted by molar-refractivity contribution is 5.06. The van der Waals surface area contributed by atoms with Gasteiger partial charge in [0.05, 0.1) is 13.1 Å². The molecule has 0 amide bonds. The van der Waals surface area contributed by atoms with E-state index in [-0.39, 0.29) is 0 Å². The zero-order valence-electron chi connectivity index (χ0n) is 9.05. The van der Waals surface area contributed by atoms with Gasteiger partial charge < -0.3 is 15.5 Å². The van der Waals surface area contributed by atoms with Gasteiger partial charge in [-0.25, -0.2) is 0 Å². The largest absolute Gasteiger partial charge is 0.463 e. The standard InChI is InChI=1S/C11H20N2O/c1-3-9(2)7-13-8-11-5-4-10(6-12)14-11/h4-5,9,13H,3,6-8,12H2,1-2H3. The van der Waals surface area contributed by atoms with Gasteiger partial charge in [-0.3, -0.25) is 0 Å². The van der Waals surface area contributed by atoms with Gasteiger partial charge >= 0.3 is 0 Å². The maximum absolute atomic E-state index is 5.46. The molecule has 0 aliphatic heterocycles. The van der Waals surface area contributed by atoms with Gasteiger partial charge in [-0.15, -0.1) is 0 Å². The molecule has 0 radical (unpaired) electrons. The van der Waals surface area contributed by atoms with Gasteiger partial charge in [-0.05, 0) is 24.6 Å². The van der Waals surface area contributed by atoms with Crippen molar-refractivity contribution >= 4 is 0 Å². The summed E-state index contributed by atoms with van der Waals surface area (Å²) < 4.78 is 5.46. The van der Waals surface area contributed by atoms with Crippen molar-refractivity contribution in [1.29, 1.82) is 0 Å². The fourth-order valence-electron chi connectivity index (χ4n) is 1.21. The van der Waals surface area contributed by atoms with Crippen LogP contribution >= 0.6 is 0 Å². The molecule has 3 N–H and O–H groups in total. The number of nitrogens with one attached hydrogen (secondary N) is 1. The molecule has 3 heteroatoms. The molecule has 1 aromatic rings. The molecule has 0 aliphatic rings. The van der Waals surface area contributed by atoms with Gasteiger partial charge in [0.25, 0.3) is 0 Å². The number of nitrogens with two attached hydrogens (primary N) is 1. The topological polar surface area (TPSA) is 51.2 Å². The Balaban J connectivity index is 2.24. The van der Waals surface area contributed by atoms with Gasteiger partial charge in [0.15, 0.2) is 0 Å². The first-order valence-electron chi connectivity index (χ1n) is 5.24. The van der Waals surface area contributed by atoms with Crippen molar-refractivity contribution in [3.8, 4) is 0 Å². The van der Waals surface area contributed by atoms with Gasteiger partial charge in [-0.1, -0.05) is 20.3 Å². The highest BCUT2D eigenvalue weighted by atomic mass is 16.3. The summed E-state index contributed by atoms with van der Waals surface area (Å²) >= 11 is 0. The van der Waals surface area contributed by atoms with Crippen LogP contribution in [0.4, 0.5) is 0 Å². The molecule has 14 heavy (non-hydrogen) atoms. The van der Waals surface area contributed by atoms with E-state index in [0.717, 1.165) is 30.5 Å². The molecule has 0 saturated carbocycles. The van der Waals surface area contributed by atoms with Crippen LogP contribution in [0.15, 0.2) is 16.5 Å². The van der Waals surface area contributed by atoms with Crippen molar-refractivity contribution in [2.45, 2.75) is 33.4 Å². The van der Waals surface area contributed by atoms with Crippen LogP contribution in [0.25, 0.3) is 0 Å². The third-order valence-corrected chi connectivity index (χ3v) is 2.41. The molecular weight excluding hydrogens is 176 g/mol. The fraction of sp³-hybridized carbons (Fsp3) is 0.636. The number of hydrogen-bond acceptors (Lipinski definition) is 3. The number of furan rings is 1. The quantitative estimate of drug-likeness (QED) is 0.730. The zero-order valence-corrected chi connectivity index (χ0v) is 9.05. The lowest BCUT2D eigenvalue weighted by molar-refractivity contribution is 0.428. The van der Waals surface area contributed by atoms with Crippen LogP contribution in [0.2, 0.25) is 0 Å². The first kappa shape index (κ1) is 11.3. The SMILES string of the molecule is CCC(C)CNCc1ccc(CN)o1. The Morgan fingerprint density at radius 2 is 2.14 bits per heavy atom. The summed E-state index contributed by atoms with van der Waals surface area (Å²) in [5.74, 6) is 2.54. The molecule has 1 aromatic heterocycles. The highest BCUT2D eigenvalue weighted by Crippen LogP contribution is 2.06. The molecule has 0 aromatic carbocycles. The maximum Gasteiger partial charge on any atom is 0.118 e. The van der Waals surface area contributed by atoms with E-state index in [0.29, 0.717) is 6.54 Å². The smallest absolute Gasteiger partial charge is 0.118 e. The third kappa shape index (κ3) is 3.52. The van der Waals surface area contributed by atoms with Crippen molar-refractivity contribution in [3.63, 3.8) is 0 Å². The molecule has 0 bridgehead atoms. The molecule has 1 unspecified atom stereocenters. The average Bonchev–Trinajstić information content (AvgIpc) is 2.65. The second-order valence-corrected chi connectivity index (χ2v) is 3.72. The van der Waals surface area contributed by atoms with Crippen molar-refractivity contribution in [1.82, 2.24) is 5.32 Å². The van der Waals surface area contributed by atoms with Gasteiger partial charge in [-0.2, -0.15) is 0 Å². The molecule has 3 nitrogen and oxygen atoms in total. The first-order valence-corrected chi connectivity index (χ1v) is 5.24. The summed E-state index contributed by atoms with van der Waals surface area (Å²) in [6.45, 7) is 6.75. The molecule has 0 fully saturated rings. The second-order valence-electron chi connectivity index (χ2n) is 3.72. The van der Waals surface area contributed by atoms with Gasteiger partial charge in [0.1, 0.15) is 11.5 Å². The van der Waals surface area contributed by atoms with Crippen molar-refractivity contribution in [2.75, 3.05) is 6.54 Å². The summed E-state index contributed by atoms with van der Waals surface area (Å²) in [6, 6.07) is 3.91. The van der Waals surface area contributed by atoms with E-state index < -0.39 is 0 Å². The van der Waals surface area contributed by atoms with Crippen LogP contribution in [-0.4, -0.2) is 6.54 Å². The van der Waals surface area contributed by atoms with Gasteiger partial charge in [0, 0.05) is 0 Å². The van der Waals surface area contributed by atoms with E-state index in [2.05, 4.69) is 19.2 Å². The van der Waals surface area contributed by atoms with Crippen molar-refractivity contribution < 1.29 is 4.42 Å². The number of hydrogen-bond donors (Lipinski definition) is 2. The molecule has 0 aliphatic carbocycles. The van der Waals surface area contributed by atoms with E-state index in [1.165, 1.54) is 6.42 Å². The molecule has 1 atom stereocenters. The molecule has 1 heterocycles. The normalized spacial score (nSPS) is 13.1. The zero-order chi connectivity index (χ0) is 10.4. The summed E-state index contributed by atoms with van der Waals surface area (Å²) in [5, 5.41) is 3.36. The van der Waals surface area contributed by atoms with Crippen LogP contribution in [0, 0.1) is 5.92 Å². The minimum absolute atomic E-state index is 0.478. The Morgan fingerprint density at radius 3 is 2.71 bits per heavy atom. The maximum atomic E-state index is 5.46. The Bertz CT molecular complexity index is 258. The first-order chi connectivity index (χ1) is 6.76. The second kappa shape index (κ2) is 5.83. The molecule has 1 rings (SSSR count). The summed E-state index contributed by atoms with van der Waals surface area (Å²) in [4.78, 5) is 0. The Hall–Kier alpha value is -0.800. The van der Waals surface area contributed by atoms with Crippen LogP contribution in [0.3, 0.4) is 0 Å². The van der Waals surface area contributed by atoms with E-state index in [1.54, 1.807) is 0 Å². The van der Waals surface area contributed by atoms with Crippen LogP contribution in [0.1, 0.15) is 31.8 Å². The van der Waals surface area contributed by atoms with Crippen LogP contribution in [-0.2, 0) is 13.1 Å². The molecule has 0 saturated heterocycles. The van der Waals surface area contributed by atoms with E-state index in [4.69, 9.17) is 10.2 Å². The number of rotatable bonds is 6. The summed E-state index contributed by atoms with van der Waals surface area (Å²) in [6.07, 6.45) is 1.21. The highest BCUT2D eigenvalue weighted by Gasteiger charge is 2.01. The Labute approximate surface area is 85.7 Å². The van der Waals surface area contributed by atoms with Crippen LogP contribution < -0.4 is 11.1 Å². The molecule has 0 spiro atoms. The van der Waals surface area contributed by atoms with Gasteiger partial charge in [0.2, 0.25) is 0 Å². The molecule has 80 valence electrons. The minimum atomic E-state index is 0.478. The summed E-state index contributed by atoms with van der Waals surface area (Å²) in [5.41, 5.74) is 5.45. The Morgan fingerprint density at radius 1 is 1.43 bits per heavy atom. The third-order valence-electron chi connectivity index (χ3n) is 2.41. The van der Waals surface area contributed by atoms with E-state index in [9.17, 15) is 0 Å². The lowest BCUT2D eigenvalue weighted by atomic mass is 10.1.